The maximum Gasteiger partial charge on any atom is 0.206 e. The van der Waals surface area contributed by atoms with Crippen molar-refractivity contribution < 1.29 is 9.47 Å². The zero-order valence-corrected chi connectivity index (χ0v) is 15.2. The van der Waals surface area contributed by atoms with E-state index in [-0.39, 0.29) is 0 Å². The van der Waals surface area contributed by atoms with E-state index in [4.69, 9.17) is 26.1 Å². The number of pyridine rings is 1. The van der Waals surface area contributed by atoms with Gasteiger partial charge < -0.3 is 23.8 Å². The molecule has 3 fully saturated rings. The molecule has 0 aromatic carbocycles. The summed E-state index contributed by atoms with van der Waals surface area (Å²) in [5.41, 5.74) is 1.94. The van der Waals surface area contributed by atoms with Crippen LogP contribution in [0.15, 0.2) is 6.07 Å². The average molecular weight is 364 g/mol. The fourth-order valence-corrected chi connectivity index (χ4v) is 4.45. The van der Waals surface area contributed by atoms with Crippen molar-refractivity contribution in [2.24, 2.45) is 7.05 Å². The molecule has 134 valence electrons. The van der Waals surface area contributed by atoms with E-state index in [2.05, 4.69) is 26.3 Å². The van der Waals surface area contributed by atoms with Crippen molar-refractivity contribution in [3.8, 4) is 0 Å². The second kappa shape index (κ2) is 5.72. The SMILES string of the molecule is C[C@H]1COCCN1c1nc2c(N3C[C@H]4C[C@@H]3CO4)nc(Cl)cc2n1C. The normalized spacial score (nSPS) is 29.2. The van der Waals surface area contributed by atoms with Crippen LogP contribution in [-0.2, 0) is 16.5 Å². The van der Waals surface area contributed by atoms with Crippen LogP contribution < -0.4 is 9.80 Å². The Morgan fingerprint density at radius 1 is 1.24 bits per heavy atom. The van der Waals surface area contributed by atoms with Crippen LogP contribution in [0.4, 0.5) is 11.8 Å². The number of aryl methyl sites for hydroxylation is 1. The van der Waals surface area contributed by atoms with Gasteiger partial charge in [0.15, 0.2) is 5.82 Å². The fourth-order valence-electron chi connectivity index (χ4n) is 4.27. The van der Waals surface area contributed by atoms with Gasteiger partial charge in [-0.2, -0.15) is 0 Å². The van der Waals surface area contributed by atoms with Crippen LogP contribution in [0.1, 0.15) is 13.3 Å². The van der Waals surface area contributed by atoms with Crippen molar-refractivity contribution in [3.05, 3.63) is 11.2 Å². The predicted molar refractivity (Wildman–Crippen MR) is 96.6 cm³/mol. The molecule has 3 aliphatic heterocycles. The molecule has 8 heteroatoms. The Labute approximate surface area is 151 Å². The van der Waals surface area contributed by atoms with Crippen LogP contribution in [0.2, 0.25) is 5.15 Å². The van der Waals surface area contributed by atoms with E-state index in [1.807, 2.05) is 13.1 Å². The minimum atomic E-state index is 0.298. The summed E-state index contributed by atoms with van der Waals surface area (Å²) < 4.78 is 13.4. The van der Waals surface area contributed by atoms with Crippen LogP contribution in [0.25, 0.3) is 11.0 Å². The number of fused-ring (bicyclic) bond motifs is 3. The molecule has 3 saturated heterocycles. The van der Waals surface area contributed by atoms with Gasteiger partial charge in [0.05, 0.1) is 43.5 Å². The summed E-state index contributed by atoms with van der Waals surface area (Å²) in [4.78, 5) is 14.3. The first-order chi connectivity index (χ1) is 12.1. The zero-order chi connectivity index (χ0) is 17.1. The third-order valence-electron chi connectivity index (χ3n) is 5.59. The maximum atomic E-state index is 6.36. The lowest BCUT2D eigenvalue weighted by molar-refractivity contribution is 0.0978. The van der Waals surface area contributed by atoms with E-state index in [0.717, 1.165) is 62.1 Å². The monoisotopic (exact) mass is 363 g/mol. The number of hydrogen-bond donors (Lipinski definition) is 0. The molecule has 0 radical (unpaired) electrons. The minimum absolute atomic E-state index is 0.298. The first kappa shape index (κ1) is 15.7. The molecule has 0 spiro atoms. The Balaban J connectivity index is 1.63. The molecule has 2 aromatic rings. The third-order valence-corrected chi connectivity index (χ3v) is 5.79. The largest absolute Gasteiger partial charge is 0.377 e. The number of halogens is 1. The summed E-state index contributed by atoms with van der Waals surface area (Å²) in [7, 11) is 2.05. The van der Waals surface area contributed by atoms with Gasteiger partial charge in [-0.05, 0) is 13.3 Å². The Morgan fingerprint density at radius 3 is 2.84 bits per heavy atom. The molecule has 0 aliphatic carbocycles. The summed E-state index contributed by atoms with van der Waals surface area (Å²) in [6.45, 7) is 6.10. The lowest BCUT2D eigenvalue weighted by Crippen LogP contribution is -2.44. The highest BCUT2D eigenvalue weighted by Crippen LogP contribution is 2.37. The summed E-state index contributed by atoms with van der Waals surface area (Å²) in [5, 5.41) is 0.510. The molecular weight excluding hydrogens is 342 g/mol. The van der Waals surface area contributed by atoms with Gasteiger partial charge in [0, 0.05) is 26.2 Å². The Bertz CT molecular complexity index is 825. The van der Waals surface area contributed by atoms with Crippen molar-refractivity contribution in [2.75, 3.05) is 42.7 Å². The number of morpholine rings is 2. The zero-order valence-electron chi connectivity index (χ0n) is 14.5. The Kier molecular flexibility index (Phi) is 3.59. The number of anilines is 2. The summed E-state index contributed by atoms with van der Waals surface area (Å²) >= 11 is 6.36. The fraction of sp³-hybridized carbons (Fsp3) is 0.647. The van der Waals surface area contributed by atoms with Gasteiger partial charge in [0.25, 0.3) is 0 Å². The van der Waals surface area contributed by atoms with E-state index in [1.54, 1.807) is 0 Å². The third kappa shape index (κ3) is 2.40. The quantitative estimate of drug-likeness (QED) is 0.759. The Hall–Kier alpha value is -1.57. The lowest BCUT2D eigenvalue weighted by atomic mass is 10.2. The van der Waals surface area contributed by atoms with Gasteiger partial charge in [0.1, 0.15) is 10.7 Å². The summed E-state index contributed by atoms with van der Waals surface area (Å²) in [6, 6.07) is 2.59. The van der Waals surface area contributed by atoms with Crippen molar-refractivity contribution >= 4 is 34.4 Å². The number of imidazole rings is 1. The van der Waals surface area contributed by atoms with Gasteiger partial charge in [0.2, 0.25) is 5.95 Å². The molecule has 25 heavy (non-hydrogen) atoms. The molecular formula is C17H22ClN5O2. The molecule has 3 atom stereocenters. The number of ether oxygens (including phenoxy) is 2. The van der Waals surface area contributed by atoms with E-state index in [9.17, 15) is 0 Å². The van der Waals surface area contributed by atoms with Crippen molar-refractivity contribution in [1.82, 2.24) is 14.5 Å². The summed E-state index contributed by atoms with van der Waals surface area (Å²) in [5.74, 6) is 1.85. The van der Waals surface area contributed by atoms with Gasteiger partial charge in [-0.3, -0.25) is 0 Å². The number of rotatable bonds is 2. The van der Waals surface area contributed by atoms with Crippen LogP contribution in [0, 0.1) is 0 Å². The smallest absolute Gasteiger partial charge is 0.206 e. The van der Waals surface area contributed by atoms with Gasteiger partial charge in [-0.1, -0.05) is 11.6 Å². The first-order valence-electron chi connectivity index (χ1n) is 8.87. The van der Waals surface area contributed by atoms with E-state index in [0.29, 0.717) is 23.3 Å². The molecule has 5 heterocycles. The van der Waals surface area contributed by atoms with E-state index in [1.165, 1.54) is 0 Å². The number of aromatic nitrogens is 3. The molecule has 0 saturated carbocycles. The second-order valence-corrected chi connectivity index (χ2v) is 7.61. The second-order valence-electron chi connectivity index (χ2n) is 7.22. The van der Waals surface area contributed by atoms with Crippen molar-refractivity contribution in [1.29, 1.82) is 0 Å². The lowest BCUT2D eigenvalue weighted by Gasteiger charge is -2.33. The topological polar surface area (TPSA) is 55.6 Å². The molecule has 7 nitrogen and oxygen atoms in total. The highest BCUT2D eigenvalue weighted by molar-refractivity contribution is 6.30. The highest BCUT2D eigenvalue weighted by Gasteiger charge is 2.41. The average Bonchev–Trinajstić information content (AvgIpc) is 3.30. The standard InChI is InChI=1S/C17H22ClN5O2/c1-10-8-24-4-3-22(10)17-20-15-13(21(17)2)6-14(18)19-16(15)23-7-12-5-11(23)9-25-12/h6,10-12H,3-5,7-9H2,1-2H3/t10-,11+,12+/m0/s1. The first-order valence-corrected chi connectivity index (χ1v) is 9.25. The van der Waals surface area contributed by atoms with Crippen molar-refractivity contribution in [3.63, 3.8) is 0 Å². The van der Waals surface area contributed by atoms with Crippen molar-refractivity contribution in [2.45, 2.75) is 31.5 Å². The van der Waals surface area contributed by atoms with Crippen LogP contribution in [0.3, 0.4) is 0 Å². The molecule has 3 aliphatic rings. The Morgan fingerprint density at radius 2 is 2.12 bits per heavy atom. The molecule has 0 unspecified atom stereocenters. The van der Waals surface area contributed by atoms with Gasteiger partial charge in [-0.15, -0.1) is 0 Å². The molecule has 2 bridgehead atoms. The maximum absolute atomic E-state index is 6.36. The molecule has 0 N–H and O–H groups in total. The molecule has 5 rings (SSSR count). The summed E-state index contributed by atoms with van der Waals surface area (Å²) in [6.07, 6.45) is 1.37. The number of nitrogens with zero attached hydrogens (tertiary/aromatic N) is 5. The molecule has 0 amide bonds. The van der Waals surface area contributed by atoms with E-state index >= 15 is 0 Å². The van der Waals surface area contributed by atoms with Crippen LogP contribution in [0.5, 0.6) is 0 Å². The predicted octanol–water partition coefficient (Wildman–Crippen LogP) is 1.82. The van der Waals surface area contributed by atoms with Crippen LogP contribution in [-0.4, -0.2) is 65.6 Å². The van der Waals surface area contributed by atoms with Crippen LogP contribution >= 0.6 is 11.6 Å². The minimum Gasteiger partial charge on any atom is -0.377 e. The molecule has 2 aromatic heterocycles. The van der Waals surface area contributed by atoms with Gasteiger partial charge in [-0.25, -0.2) is 9.97 Å². The highest BCUT2D eigenvalue weighted by atomic mass is 35.5. The number of hydrogen-bond acceptors (Lipinski definition) is 6. The van der Waals surface area contributed by atoms with E-state index < -0.39 is 0 Å². The van der Waals surface area contributed by atoms with Gasteiger partial charge >= 0.3 is 0 Å².